The summed E-state index contributed by atoms with van der Waals surface area (Å²) >= 11 is 0. The highest BCUT2D eigenvalue weighted by Crippen LogP contribution is 2.23. The van der Waals surface area contributed by atoms with Crippen LogP contribution in [0.25, 0.3) is 0 Å². The molecule has 2 N–H and O–H groups in total. The van der Waals surface area contributed by atoms with Gasteiger partial charge >= 0.3 is 0 Å². The van der Waals surface area contributed by atoms with Crippen LogP contribution in [-0.4, -0.2) is 43.1 Å². The van der Waals surface area contributed by atoms with E-state index in [2.05, 4.69) is 4.72 Å². The Kier molecular flexibility index (Phi) is 6.44. The van der Waals surface area contributed by atoms with Gasteiger partial charge in [-0.05, 0) is 32.1 Å². The molecule has 0 amide bonds. The molecule has 20 heavy (non-hydrogen) atoms. The summed E-state index contributed by atoms with van der Waals surface area (Å²) < 4.78 is 28.5. The van der Waals surface area contributed by atoms with Gasteiger partial charge in [-0.3, -0.25) is 0 Å². The molecule has 0 bridgehead atoms. The van der Waals surface area contributed by atoms with Gasteiger partial charge in [0.05, 0.1) is 5.60 Å². The zero-order valence-corrected chi connectivity index (χ0v) is 14.0. The lowest BCUT2D eigenvalue weighted by Gasteiger charge is -2.32. The van der Waals surface area contributed by atoms with Gasteiger partial charge in [0.2, 0.25) is 0 Å². The fourth-order valence-electron chi connectivity index (χ4n) is 2.94. The molecule has 1 saturated carbocycles. The van der Waals surface area contributed by atoms with E-state index in [1.54, 1.807) is 14.0 Å². The second-order valence-electron chi connectivity index (χ2n) is 6.73. The van der Waals surface area contributed by atoms with Crippen molar-refractivity contribution in [1.82, 2.24) is 9.03 Å². The molecule has 0 spiro atoms. The molecule has 120 valence electrons. The van der Waals surface area contributed by atoms with Gasteiger partial charge in [0.25, 0.3) is 10.2 Å². The van der Waals surface area contributed by atoms with Crippen molar-refractivity contribution in [2.45, 2.75) is 70.9 Å². The van der Waals surface area contributed by atoms with Crippen LogP contribution in [0.4, 0.5) is 0 Å². The Labute approximate surface area is 123 Å². The van der Waals surface area contributed by atoms with Crippen LogP contribution in [0, 0.1) is 5.92 Å². The van der Waals surface area contributed by atoms with E-state index in [0.717, 1.165) is 25.7 Å². The molecule has 0 radical (unpaired) electrons. The average molecular weight is 306 g/mol. The monoisotopic (exact) mass is 306 g/mol. The zero-order valence-electron chi connectivity index (χ0n) is 13.2. The van der Waals surface area contributed by atoms with E-state index in [9.17, 15) is 13.5 Å². The Morgan fingerprint density at radius 3 is 2.35 bits per heavy atom. The summed E-state index contributed by atoms with van der Waals surface area (Å²) in [5.41, 5.74) is -1.01. The van der Waals surface area contributed by atoms with Gasteiger partial charge in [-0.25, -0.2) is 0 Å². The van der Waals surface area contributed by atoms with E-state index < -0.39 is 15.8 Å². The topological polar surface area (TPSA) is 69.6 Å². The van der Waals surface area contributed by atoms with Gasteiger partial charge in [-0.15, -0.1) is 0 Å². The van der Waals surface area contributed by atoms with Crippen molar-refractivity contribution in [3.8, 4) is 0 Å². The number of hydrogen-bond donors (Lipinski definition) is 2. The third-order valence-electron chi connectivity index (χ3n) is 3.95. The molecule has 0 aromatic rings. The number of rotatable bonds is 7. The maximum Gasteiger partial charge on any atom is 0.279 e. The predicted octanol–water partition coefficient (Wildman–Crippen LogP) is 1.88. The summed E-state index contributed by atoms with van der Waals surface area (Å²) in [5, 5.41) is 10.2. The summed E-state index contributed by atoms with van der Waals surface area (Å²) in [6.07, 6.45) is 5.81. The Morgan fingerprint density at radius 1 is 1.30 bits per heavy atom. The standard InChI is InChI=1S/C14H30N2O3S/c1-12(2)10-14(3,17)11-15-20(18,19)16(4)13-8-6-5-7-9-13/h12-13,15,17H,5-11H2,1-4H3. The fraction of sp³-hybridized carbons (Fsp3) is 1.00. The van der Waals surface area contributed by atoms with Gasteiger partial charge in [0.15, 0.2) is 0 Å². The van der Waals surface area contributed by atoms with Crippen LogP contribution in [0.2, 0.25) is 0 Å². The van der Waals surface area contributed by atoms with Crippen molar-refractivity contribution in [1.29, 1.82) is 0 Å². The quantitative estimate of drug-likeness (QED) is 0.754. The van der Waals surface area contributed by atoms with Crippen LogP contribution >= 0.6 is 0 Å². The third kappa shape index (κ3) is 5.68. The molecule has 6 heteroatoms. The molecule has 1 rings (SSSR count). The Hall–Kier alpha value is -0.170. The predicted molar refractivity (Wildman–Crippen MR) is 81.6 cm³/mol. The number of nitrogens with zero attached hydrogens (tertiary/aromatic N) is 1. The molecule has 5 nitrogen and oxygen atoms in total. The van der Waals surface area contributed by atoms with Gasteiger partial charge in [-0.2, -0.15) is 17.4 Å². The zero-order chi connectivity index (χ0) is 15.4. The van der Waals surface area contributed by atoms with Crippen molar-refractivity contribution < 1.29 is 13.5 Å². The summed E-state index contributed by atoms with van der Waals surface area (Å²) in [6.45, 7) is 5.76. The van der Waals surface area contributed by atoms with Crippen molar-refractivity contribution in [2.75, 3.05) is 13.6 Å². The van der Waals surface area contributed by atoms with Gasteiger partial charge in [-0.1, -0.05) is 33.1 Å². The number of aliphatic hydroxyl groups is 1. The van der Waals surface area contributed by atoms with E-state index in [0.29, 0.717) is 12.3 Å². The van der Waals surface area contributed by atoms with Crippen molar-refractivity contribution >= 4 is 10.2 Å². The molecule has 0 saturated heterocycles. The lowest BCUT2D eigenvalue weighted by atomic mass is 9.95. The number of nitrogens with one attached hydrogen (secondary N) is 1. The molecule has 1 aliphatic rings. The van der Waals surface area contributed by atoms with Gasteiger partial charge < -0.3 is 5.11 Å². The highest BCUT2D eigenvalue weighted by molar-refractivity contribution is 7.87. The summed E-state index contributed by atoms with van der Waals surface area (Å²) in [4.78, 5) is 0. The molecule has 1 aliphatic carbocycles. The summed E-state index contributed by atoms with van der Waals surface area (Å²) in [5.74, 6) is 0.325. The minimum absolute atomic E-state index is 0.0601. The van der Waals surface area contributed by atoms with Crippen LogP contribution < -0.4 is 4.72 Å². The van der Waals surface area contributed by atoms with Crippen LogP contribution in [-0.2, 0) is 10.2 Å². The van der Waals surface area contributed by atoms with E-state index >= 15 is 0 Å². The molecule has 0 aromatic carbocycles. The molecule has 1 fully saturated rings. The highest BCUT2D eigenvalue weighted by atomic mass is 32.2. The van der Waals surface area contributed by atoms with Crippen molar-refractivity contribution in [2.24, 2.45) is 5.92 Å². The highest BCUT2D eigenvalue weighted by Gasteiger charge is 2.30. The van der Waals surface area contributed by atoms with E-state index in [1.165, 1.54) is 10.7 Å². The first-order valence-electron chi connectivity index (χ1n) is 7.59. The first kappa shape index (κ1) is 17.9. The van der Waals surface area contributed by atoms with Crippen molar-refractivity contribution in [3.05, 3.63) is 0 Å². The van der Waals surface area contributed by atoms with Gasteiger partial charge in [0.1, 0.15) is 0 Å². The normalized spacial score (nSPS) is 21.4. The van der Waals surface area contributed by atoms with Crippen LogP contribution in [0.5, 0.6) is 0 Å². The van der Waals surface area contributed by atoms with E-state index in [1.807, 2.05) is 13.8 Å². The molecule has 1 unspecified atom stereocenters. The smallest absolute Gasteiger partial charge is 0.279 e. The Balaban J connectivity index is 2.55. The minimum atomic E-state index is -3.51. The molecular weight excluding hydrogens is 276 g/mol. The summed E-state index contributed by atoms with van der Waals surface area (Å²) in [6, 6.07) is 0.0938. The lowest BCUT2D eigenvalue weighted by Crippen LogP contribution is -2.49. The van der Waals surface area contributed by atoms with Crippen molar-refractivity contribution in [3.63, 3.8) is 0 Å². The fourth-order valence-corrected chi connectivity index (χ4v) is 4.24. The SMILES string of the molecule is CC(C)CC(C)(O)CNS(=O)(=O)N(C)C1CCCCC1. The second-order valence-corrected chi connectivity index (χ2v) is 8.54. The first-order valence-corrected chi connectivity index (χ1v) is 9.03. The van der Waals surface area contributed by atoms with Crippen LogP contribution in [0.3, 0.4) is 0 Å². The Bertz CT molecular complexity index is 387. The Morgan fingerprint density at radius 2 is 1.85 bits per heavy atom. The molecule has 0 aliphatic heterocycles. The molecule has 1 atom stereocenters. The molecule has 0 heterocycles. The minimum Gasteiger partial charge on any atom is -0.389 e. The molecule has 0 aromatic heterocycles. The maximum atomic E-state index is 12.3. The van der Waals surface area contributed by atoms with E-state index in [4.69, 9.17) is 0 Å². The lowest BCUT2D eigenvalue weighted by molar-refractivity contribution is 0.0432. The first-order chi connectivity index (χ1) is 9.14. The third-order valence-corrected chi connectivity index (χ3v) is 5.52. The van der Waals surface area contributed by atoms with Crippen LogP contribution in [0.15, 0.2) is 0 Å². The number of hydrogen-bond acceptors (Lipinski definition) is 3. The summed E-state index contributed by atoms with van der Waals surface area (Å²) in [7, 11) is -1.87. The van der Waals surface area contributed by atoms with Gasteiger partial charge in [0, 0.05) is 19.6 Å². The van der Waals surface area contributed by atoms with Crippen LogP contribution in [0.1, 0.15) is 59.3 Å². The average Bonchev–Trinajstić information content (AvgIpc) is 2.35. The molecular formula is C14H30N2O3S. The second kappa shape index (κ2) is 7.20. The van der Waals surface area contributed by atoms with E-state index in [-0.39, 0.29) is 12.6 Å². The maximum absolute atomic E-state index is 12.3. The largest absolute Gasteiger partial charge is 0.389 e.